The molecule has 35 heavy (non-hydrogen) atoms. The molecular weight excluding hydrogens is 485 g/mol. The molecule has 3 aromatic carbocycles. The standard InChI is InChI=1S/C27H27Cl2N3O3/c1-18-4-11-25(24(14-18)30-26(33)16-19-5-8-21(35-2)9-6-19)32-13-3-12-31(27(32)34)17-20-7-10-22(28)23(29)15-20/h4-11,14-15H,3,12-13,16-17H2,1-2H3,(H,30,33). The topological polar surface area (TPSA) is 61.9 Å². The maximum absolute atomic E-state index is 13.4. The van der Waals surface area contributed by atoms with E-state index >= 15 is 0 Å². The molecular formula is C27H27Cl2N3O3. The zero-order chi connectivity index (χ0) is 24.9. The number of nitrogens with one attached hydrogen (secondary N) is 1. The molecule has 1 aliphatic rings. The van der Waals surface area contributed by atoms with Crippen LogP contribution in [0.1, 0.15) is 23.1 Å². The minimum atomic E-state index is -0.154. The number of benzene rings is 3. The van der Waals surface area contributed by atoms with Crippen LogP contribution in [0.4, 0.5) is 16.2 Å². The summed E-state index contributed by atoms with van der Waals surface area (Å²) in [7, 11) is 1.61. The van der Waals surface area contributed by atoms with Gasteiger partial charge in [-0.15, -0.1) is 0 Å². The number of aryl methyl sites for hydroxylation is 1. The summed E-state index contributed by atoms with van der Waals surface area (Å²) < 4.78 is 5.18. The predicted molar refractivity (Wildman–Crippen MR) is 141 cm³/mol. The lowest BCUT2D eigenvalue weighted by atomic mass is 10.1. The summed E-state index contributed by atoms with van der Waals surface area (Å²) in [5.41, 5.74) is 4.08. The smallest absolute Gasteiger partial charge is 0.324 e. The van der Waals surface area contributed by atoms with E-state index in [0.717, 1.165) is 28.9 Å². The molecule has 0 radical (unpaired) electrons. The number of amides is 3. The molecule has 0 saturated carbocycles. The summed E-state index contributed by atoms with van der Waals surface area (Å²) in [5.74, 6) is 0.586. The summed E-state index contributed by atoms with van der Waals surface area (Å²) in [6.07, 6.45) is 1.02. The van der Waals surface area contributed by atoms with Crippen LogP contribution in [0, 0.1) is 6.92 Å². The van der Waals surface area contributed by atoms with Gasteiger partial charge in [0, 0.05) is 19.6 Å². The van der Waals surface area contributed by atoms with Crippen LogP contribution in [-0.4, -0.2) is 37.0 Å². The number of hydrogen-bond acceptors (Lipinski definition) is 3. The van der Waals surface area contributed by atoms with E-state index < -0.39 is 0 Å². The van der Waals surface area contributed by atoms with Gasteiger partial charge in [0.25, 0.3) is 0 Å². The van der Waals surface area contributed by atoms with Gasteiger partial charge >= 0.3 is 6.03 Å². The van der Waals surface area contributed by atoms with Crippen molar-refractivity contribution in [2.45, 2.75) is 26.3 Å². The average Bonchev–Trinajstić information content (AvgIpc) is 2.84. The van der Waals surface area contributed by atoms with Crippen LogP contribution in [0.15, 0.2) is 60.7 Å². The Kier molecular flexibility index (Phi) is 7.83. The predicted octanol–water partition coefficient (Wildman–Crippen LogP) is 6.32. The molecule has 0 atom stereocenters. The van der Waals surface area contributed by atoms with Crippen LogP contribution in [0.5, 0.6) is 5.75 Å². The first-order valence-corrected chi connectivity index (χ1v) is 12.1. The maximum atomic E-state index is 13.4. The Labute approximate surface area is 215 Å². The fourth-order valence-corrected chi connectivity index (χ4v) is 4.44. The van der Waals surface area contributed by atoms with Crippen molar-refractivity contribution < 1.29 is 14.3 Å². The fraction of sp³-hybridized carbons (Fsp3) is 0.259. The molecule has 1 N–H and O–H groups in total. The number of hydrogen-bond donors (Lipinski definition) is 1. The first-order chi connectivity index (χ1) is 16.8. The molecule has 4 rings (SSSR count). The third-order valence-electron chi connectivity index (χ3n) is 5.91. The van der Waals surface area contributed by atoms with E-state index in [9.17, 15) is 9.59 Å². The Bertz CT molecular complexity index is 1230. The molecule has 8 heteroatoms. The van der Waals surface area contributed by atoms with Crippen LogP contribution in [0.3, 0.4) is 0 Å². The van der Waals surface area contributed by atoms with E-state index in [1.165, 1.54) is 0 Å². The van der Waals surface area contributed by atoms with Gasteiger partial charge < -0.3 is 15.0 Å². The normalized spacial score (nSPS) is 13.7. The lowest BCUT2D eigenvalue weighted by Crippen LogP contribution is -2.49. The molecule has 1 fully saturated rings. The third kappa shape index (κ3) is 6.08. The molecule has 1 saturated heterocycles. The van der Waals surface area contributed by atoms with Gasteiger partial charge in [0.15, 0.2) is 0 Å². The van der Waals surface area contributed by atoms with Crippen molar-refractivity contribution in [1.29, 1.82) is 0 Å². The number of anilines is 2. The number of carbonyl (C=O) groups is 2. The molecule has 1 aliphatic heterocycles. The largest absolute Gasteiger partial charge is 0.497 e. The van der Waals surface area contributed by atoms with Crippen molar-refractivity contribution in [3.63, 3.8) is 0 Å². The summed E-state index contributed by atoms with van der Waals surface area (Å²) in [4.78, 5) is 29.8. The summed E-state index contributed by atoms with van der Waals surface area (Å²) in [6.45, 7) is 3.59. The Morgan fingerprint density at radius 1 is 0.971 bits per heavy atom. The van der Waals surface area contributed by atoms with E-state index in [1.54, 1.807) is 29.0 Å². The van der Waals surface area contributed by atoms with Gasteiger partial charge in [0.2, 0.25) is 5.91 Å². The highest BCUT2D eigenvalue weighted by Crippen LogP contribution is 2.31. The van der Waals surface area contributed by atoms with Gasteiger partial charge in [-0.2, -0.15) is 0 Å². The summed E-state index contributed by atoms with van der Waals surface area (Å²) >= 11 is 12.2. The van der Waals surface area contributed by atoms with Gasteiger partial charge in [-0.3, -0.25) is 9.69 Å². The molecule has 0 aromatic heterocycles. The molecule has 3 aromatic rings. The van der Waals surface area contributed by atoms with Crippen molar-refractivity contribution in [1.82, 2.24) is 4.90 Å². The highest BCUT2D eigenvalue weighted by Gasteiger charge is 2.29. The second-order valence-corrected chi connectivity index (χ2v) is 9.37. The number of methoxy groups -OCH3 is 1. The Hall–Kier alpha value is -3.22. The van der Waals surface area contributed by atoms with E-state index in [4.69, 9.17) is 27.9 Å². The highest BCUT2D eigenvalue weighted by molar-refractivity contribution is 6.42. The zero-order valence-electron chi connectivity index (χ0n) is 19.7. The van der Waals surface area contributed by atoms with Crippen LogP contribution in [-0.2, 0) is 17.8 Å². The Balaban J connectivity index is 1.51. The molecule has 182 valence electrons. The van der Waals surface area contributed by atoms with E-state index in [1.807, 2.05) is 55.5 Å². The first-order valence-electron chi connectivity index (χ1n) is 11.4. The van der Waals surface area contributed by atoms with Crippen molar-refractivity contribution in [3.8, 4) is 5.75 Å². The number of carbonyl (C=O) groups excluding carboxylic acids is 2. The molecule has 3 amide bonds. The van der Waals surface area contributed by atoms with Gasteiger partial charge in [-0.1, -0.05) is 47.5 Å². The average molecular weight is 512 g/mol. The van der Waals surface area contributed by atoms with Gasteiger partial charge in [-0.25, -0.2) is 4.79 Å². The van der Waals surface area contributed by atoms with E-state index in [-0.39, 0.29) is 18.4 Å². The Morgan fingerprint density at radius 3 is 2.43 bits per heavy atom. The zero-order valence-corrected chi connectivity index (χ0v) is 21.2. The maximum Gasteiger partial charge on any atom is 0.324 e. The molecule has 0 spiro atoms. The van der Waals surface area contributed by atoms with Gasteiger partial charge in [-0.05, 0) is 66.4 Å². The lowest BCUT2D eigenvalue weighted by Gasteiger charge is -2.36. The quantitative estimate of drug-likeness (QED) is 0.403. The van der Waals surface area contributed by atoms with Gasteiger partial charge in [0.05, 0.1) is 35.0 Å². The van der Waals surface area contributed by atoms with E-state index in [2.05, 4.69) is 5.32 Å². The molecule has 0 bridgehead atoms. The van der Waals surface area contributed by atoms with Crippen molar-refractivity contribution in [2.75, 3.05) is 30.4 Å². The monoisotopic (exact) mass is 511 g/mol. The minimum Gasteiger partial charge on any atom is -0.497 e. The summed E-state index contributed by atoms with van der Waals surface area (Å²) in [6, 6.07) is 18.4. The first kappa shape index (κ1) is 24.9. The number of halogens is 2. The number of nitrogens with zero attached hydrogens (tertiary/aromatic N) is 2. The van der Waals surface area contributed by atoms with Crippen LogP contribution >= 0.6 is 23.2 Å². The van der Waals surface area contributed by atoms with E-state index in [0.29, 0.717) is 41.1 Å². The number of ether oxygens (including phenoxy) is 1. The fourth-order valence-electron chi connectivity index (χ4n) is 4.12. The van der Waals surface area contributed by atoms with Crippen molar-refractivity contribution >= 4 is 46.5 Å². The van der Waals surface area contributed by atoms with Crippen molar-refractivity contribution in [2.24, 2.45) is 0 Å². The second-order valence-electron chi connectivity index (χ2n) is 8.55. The van der Waals surface area contributed by atoms with Crippen LogP contribution in [0.25, 0.3) is 0 Å². The van der Waals surface area contributed by atoms with Crippen molar-refractivity contribution in [3.05, 3.63) is 87.4 Å². The molecule has 0 unspecified atom stereocenters. The Morgan fingerprint density at radius 2 is 1.71 bits per heavy atom. The number of rotatable bonds is 7. The molecule has 0 aliphatic carbocycles. The molecule has 1 heterocycles. The van der Waals surface area contributed by atoms with Crippen LogP contribution < -0.4 is 15.0 Å². The number of urea groups is 1. The minimum absolute atomic E-state index is 0.114. The third-order valence-corrected chi connectivity index (χ3v) is 6.65. The lowest BCUT2D eigenvalue weighted by molar-refractivity contribution is -0.115. The summed E-state index contributed by atoms with van der Waals surface area (Å²) in [5, 5.41) is 3.96. The van der Waals surface area contributed by atoms with Gasteiger partial charge in [0.1, 0.15) is 5.75 Å². The van der Waals surface area contributed by atoms with Crippen LogP contribution in [0.2, 0.25) is 10.0 Å². The second kappa shape index (κ2) is 11.0. The molecule has 6 nitrogen and oxygen atoms in total. The highest BCUT2D eigenvalue weighted by atomic mass is 35.5. The SMILES string of the molecule is COc1ccc(CC(=O)Nc2cc(C)ccc2N2CCCN(Cc3ccc(Cl)c(Cl)c3)C2=O)cc1.